The number of esters is 1. The van der Waals surface area contributed by atoms with Gasteiger partial charge in [-0.15, -0.1) is 0 Å². The van der Waals surface area contributed by atoms with Gasteiger partial charge in [0.2, 0.25) is 0 Å². The van der Waals surface area contributed by atoms with Crippen LogP contribution in [-0.4, -0.2) is 48.8 Å². The summed E-state index contributed by atoms with van der Waals surface area (Å²) in [5.41, 5.74) is 0.143. The summed E-state index contributed by atoms with van der Waals surface area (Å²) in [7, 11) is 3.94. The summed E-state index contributed by atoms with van der Waals surface area (Å²) in [4.78, 5) is 15.2. The van der Waals surface area contributed by atoms with Crippen LogP contribution in [0.1, 0.15) is 37.0 Å². The number of carbonyl (C=O) groups is 1. The standard InChI is InChI=1S/C24H31NO4/c1-23(2)17-19-12-8-13-20(21(19)29-23)24(27,16-18-10-6-5-7-11-18)22(26)28-15-9-14-25(3)4/h5-8,10-13,27H,9,14-17H2,1-4H3. The minimum atomic E-state index is -1.81. The second-order valence-corrected chi connectivity index (χ2v) is 8.65. The first-order chi connectivity index (χ1) is 13.7. The Morgan fingerprint density at radius 3 is 2.59 bits per heavy atom. The second-order valence-electron chi connectivity index (χ2n) is 8.65. The lowest BCUT2D eigenvalue weighted by molar-refractivity contribution is -0.167. The maximum Gasteiger partial charge on any atom is 0.343 e. The van der Waals surface area contributed by atoms with Crippen LogP contribution in [0.2, 0.25) is 0 Å². The largest absolute Gasteiger partial charge is 0.487 e. The zero-order valence-corrected chi connectivity index (χ0v) is 17.8. The zero-order valence-electron chi connectivity index (χ0n) is 17.8. The van der Waals surface area contributed by atoms with E-state index in [0.717, 1.165) is 24.1 Å². The summed E-state index contributed by atoms with van der Waals surface area (Å²) in [5.74, 6) is -0.0389. The van der Waals surface area contributed by atoms with Crippen molar-refractivity contribution in [2.45, 2.75) is 44.3 Å². The summed E-state index contributed by atoms with van der Waals surface area (Å²) in [5, 5.41) is 11.7. The highest BCUT2D eigenvalue weighted by atomic mass is 16.6. The number of nitrogens with zero attached hydrogens (tertiary/aromatic N) is 1. The molecule has 1 heterocycles. The average molecular weight is 398 g/mol. The van der Waals surface area contributed by atoms with Gasteiger partial charge in [0.1, 0.15) is 11.4 Å². The van der Waals surface area contributed by atoms with E-state index in [1.165, 1.54) is 0 Å². The van der Waals surface area contributed by atoms with Crippen LogP contribution in [0.25, 0.3) is 0 Å². The topological polar surface area (TPSA) is 59.0 Å². The van der Waals surface area contributed by atoms with E-state index < -0.39 is 11.6 Å². The van der Waals surface area contributed by atoms with Crippen molar-refractivity contribution in [1.82, 2.24) is 4.90 Å². The number of benzene rings is 2. The second kappa shape index (κ2) is 8.56. The third-order valence-corrected chi connectivity index (χ3v) is 5.16. The fourth-order valence-corrected chi connectivity index (χ4v) is 3.77. The molecule has 0 bridgehead atoms. The molecule has 1 N–H and O–H groups in total. The highest BCUT2D eigenvalue weighted by Crippen LogP contribution is 2.43. The lowest BCUT2D eigenvalue weighted by atomic mass is 9.85. The Morgan fingerprint density at radius 2 is 1.90 bits per heavy atom. The summed E-state index contributed by atoms with van der Waals surface area (Å²) in [6.07, 6.45) is 1.56. The first-order valence-corrected chi connectivity index (χ1v) is 10.1. The quantitative estimate of drug-likeness (QED) is 0.547. The van der Waals surface area contributed by atoms with Crippen molar-refractivity contribution in [2.24, 2.45) is 0 Å². The molecular weight excluding hydrogens is 366 g/mol. The predicted octanol–water partition coefficient (Wildman–Crippen LogP) is 3.33. The molecule has 0 amide bonds. The molecule has 29 heavy (non-hydrogen) atoms. The number of para-hydroxylation sites is 1. The van der Waals surface area contributed by atoms with Crippen molar-refractivity contribution >= 4 is 5.97 Å². The lowest BCUT2D eigenvalue weighted by Crippen LogP contribution is -2.40. The molecule has 3 rings (SSSR count). The van der Waals surface area contributed by atoms with Crippen LogP contribution in [0.15, 0.2) is 48.5 Å². The van der Waals surface area contributed by atoms with Crippen LogP contribution in [0.4, 0.5) is 0 Å². The molecule has 2 aromatic carbocycles. The Hall–Kier alpha value is -2.37. The Balaban J connectivity index is 1.92. The van der Waals surface area contributed by atoms with E-state index in [0.29, 0.717) is 17.7 Å². The van der Waals surface area contributed by atoms with Crippen molar-refractivity contribution in [3.8, 4) is 5.75 Å². The summed E-state index contributed by atoms with van der Waals surface area (Å²) >= 11 is 0. The Kier molecular flexibility index (Phi) is 6.30. The molecule has 1 aliphatic heterocycles. The Morgan fingerprint density at radius 1 is 1.17 bits per heavy atom. The molecule has 0 saturated heterocycles. The minimum absolute atomic E-state index is 0.126. The highest BCUT2D eigenvalue weighted by molar-refractivity contribution is 5.83. The monoisotopic (exact) mass is 397 g/mol. The van der Waals surface area contributed by atoms with E-state index >= 15 is 0 Å². The van der Waals surface area contributed by atoms with Crippen molar-refractivity contribution in [3.63, 3.8) is 0 Å². The van der Waals surface area contributed by atoms with Crippen molar-refractivity contribution in [2.75, 3.05) is 27.2 Å². The SMILES string of the molecule is CN(C)CCCOC(=O)C(O)(Cc1ccccc1)c1cccc2c1OC(C)(C)C2. The average Bonchev–Trinajstić information content (AvgIpc) is 2.99. The minimum Gasteiger partial charge on any atom is -0.487 e. The Labute approximate surface area is 173 Å². The van der Waals surface area contributed by atoms with Crippen LogP contribution >= 0.6 is 0 Å². The van der Waals surface area contributed by atoms with Gasteiger partial charge in [-0.05, 0) is 45.5 Å². The first kappa shape index (κ1) is 21.3. The van der Waals surface area contributed by atoms with Gasteiger partial charge < -0.3 is 19.5 Å². The van der Waals surface area contributed by atoms with E-state index in [1.807, 2.05) is 75.3 Å². The highest BCUT2D eigenvalue weighted by Gasteiger charge is 2.45. The molecule has 1 aliphatic rings. The molecule has 0 fully saturated rings. The van der Waals surface area contributed by atoms with Gasteiger partial charge in [-0.25, -0.2) is 4.79 Å². The number of carbonyl (C=O) groups excluding carboxylic acids is 1. The van der Waals surface area contributed by atoms with E-state index in [4.69, 9.17) is 9.47 Å². The molecule has 0 saturated carbocycles. The van der Waals surface area contributed by atoms with Crippen molar-refractivity contribution in [3.05, 3.63) is 65.2 Å². The normalized spacial score (nSPS) is 16.8. The maximum absolute atomic E-state index is 13.1. The molecule has 0 radical (unpaired) electrons. The number of hydrogen-bond donors (Lipinski definition) is 1. The maximum atomic E-state index is 13.1. The van der Waals surface area contributed by atoms with Gasteiger partial charge >= 0.3 is 5.97 Å². The number of fused-ring (bicyclic) bond motifs is 1. The molecule has 1 atom stereocenters. The first-order valence-electron chi connectivity index (χ1n) is 10.1. The summed E-state index contributed by atoms with van der Waals surface area (Å²) in [6.45, 7) is 5.08. The van der Waals surface area contributed by atoms with Crippen molar-refractivity contribution < 1.29 is 19.4 Å². The van der Waals surface area contributed by atoms with Gasteiger partial charge in [-0.3, -0.25) is 0 Å². The van der Waals surface area contributed by atoms with Crippen molar-refractivity contribution in [1.29, 1.82) is 0 Å². The van der Waals surface area contributed by atoms with Crippen LogP contribution in [0.5, 0.6) is 5.75 Å². The predicted molar refractivity (Wildman–Crippen MR) is 113 cm³/mol. The summed E-state index contributed by atoms with van der Waals surface area (Å²) in [6, 6.07) is 15.1. The van der Waals surface area contributed by atoms with Gasteiger partial charge in [0.15, 0.2) is 5.60 Å². The fourth-order valence-electron chi connectivity index (χ4n) is 3.77. The molecule has 0 aromatic heterocycles. The van der Waals surface area contributed by atoms with E-state index in [-0.39, 0.29) is 18.6 Å². The molecule has 0 aliphatic carbocycles. The van der Waals surface area contributed by atoms with Gasteiger partial charge in [-0.1, -0.05) is 48.5 Å². The van der Waals surface area contributed by atoms with Gasteiger partial charge in [0.05, 0.1) is 6.61 Å². The number of ether oxygens (including phenoxy) is 2. The van der Waals surface area contributed by atoms with Gasteiger partial charge in [0, 0.05) is 24.9 Å². The van der Waals surface area contributed by atoms with Gasteiger partial charge in [-0.2, -0.15) is 0 Å². The van der Waals surface area contributed by atoms with Crippen LogP contribution in [-0.2, 0) is 28.0 Å². The van der Waals surface area contributed by atoms with Crippen LogP contribution in [0, 0.1) is 0 Å². The molecule has 5 nitrogen and oxygen atoms in total. The fraction of sp³-hybridized carbons (Fsp3) is 0.458. The van der Waals surface area contributed by atoms with E-state index in [1.54, 1.807) is 6.07 Å². The molecule has 1 unspecified atom stereocenters. The lowest BCUT2D eigenvalue weighted by Gasteiger charge is -2.29. The molecule has 156 valence electrons. The van der Waals surface area contributed by atoms with Gasteiger partial charge in [0.25, 0.3) is 0 Å². The van der Waals surface area contributed by atoms with E-state index in [9.17, 15) is 9.90 Å². The summed E-state index contributed by atoms with van der Waals surface area (Å²) < 4.78 is 11.7. The molecule has 2 aromatic rings. The third-order valence-electron chi connectivity index (χ3n) is 5.16. The molecule has 5 heteroatoms. The third kappa shape index (κ3) is 4.98. The number of aliphatic hydroxyl groups is 1. The van der Waals surface area contributed by atoms with Crippen LogP contribution < -0.4 is 4.74 Å². The Bertz CT molecular complexity index is 847. The molecular formula is C24H31NO4. The van der Waals surface area contributed by atoms with Crippen LogP contribution in [0.3, 0.4) is 0 Å². The smallest absolute Gasteiger partial charge is 0.343 e. The van der Waals surface area contributed by atoms with E-state index in [2.05, 4.69) is 0 Å². The number of hydrogen-bond acceptors (Lipinski definition) is 5. The zero-order chi connectivity index (χ0) is 21.1. The number of rotatable bonds is 8. The molecule has 0 spiro atoms.